The zero-order valence-electron chi connectivity index (χ0n) is 13.0. The van der Waals surface area contributed by atoms with Crippen LogP contribution >= 0.6 is 0 Å². The Hall–Kier alpha value is -0.590. The number of hydrogen-bond donors (Lipinski definition) is 0. The molecule has 3 rings (SSSR count). The first-order valence-corrected chi connectivity index (χ1v) is 8.09. The van der Waals surface area contributed by atoms with Crippen LogP contribution in [0.25, 0.3) is 0 Å². The molecule has 0 aromatic heterocycles. The van der Waals surface area contributed by atoms with E-state index in [1.54, 1.807) is 0 Å². The lowest BCUT2D eigenvalue weighted by Gasteiger charge is -2.59. The summed E-state index contributed by atoms with van der Waals surface area (Å²) in [6.45, 7) is 9.57. The summed E-state index contributed by atoms with van der Waals surface area (Å²) in [6.07, 6.45) is 8.54. The van der Waals surface area contributed by atoms with Gasteiger partial charge in [-0.3, -0.25) is 4.79 Å². The smallest absolute Gasteiger partial charge is 0.158 e. The van der Waals surface area contributed by atoms with Crippen LogP contribution in [0.15, 0.2) is 11.1 Å². The van der Waals surface area contributed by atoms with Crippen molar-refractivity contribution < 1.29 is 4.79 Å². The van der Waals surface area contributed by atoms with E-state index in [1.807, 2.05) is 0 Å². The number of carbonyl (C=O) groups excluding carboxylic acids is 1. The van der Waals surface area contributed by atoms with Crippen molar-refractivity contribution in [2.45, 2.75) is 72.6 Å². The first-order valence-electron chi connectivity index (χ1n) is 8.09. The maximum Gasteiger partial charge on any atom is 0.158 e. The molecule has 0 N–H and O–H groups in total. The molecule has 3 aliphatic carbocycles. The van der Waals surface area contributed by atoms with Crippen molar-refractivity contribution in [1.82, 2.24) is 0 Å². The quantitative estimate of drug-likeness (QED) is 0.605. The fourth-order valence-electron chi connectivity index (χ4n) is 5.77. The molecule has 0 aromatic rings. The van der Waals surface area contributed by atoms with Gasteiger partial charge in [0.2, 0.25) is 0 Å². The Bertz CT molecular complexity index is 443. The maximum absolute atomic E-state index is 12.0. The van der Waals surface area contributed by atoms with E-state index in [9.17, 15) is 4.79 Å². The van der Waals surface area contributed by atoms with E-state index in [2.05, 4.69) is 27.7 Å². The molecular formula is C18H28O. The number of Topliss-reactive ketones (excluding diaryl/α,β-unsaturated/α-hetero) is 1. The van der Waals surface area contributed by atoms with Crippen LogP contribution in [-0.4, -0.2) is 5.78 Å². The van der Waals surface area contributed by atoms with Crippen molar-refractivity contribution in [1.29, 1.82) is 0 Å². The Morgan fingerprint density at radius 2 is 1.79 bits per heavy atom. The molecule has 1 nitrogen and oxygen atoms in total. The summed E-state index contributed by atoms with van der Waals surface area (Å²) >= 11 is 0. The normalized spacial score (nSPS) is 41.8. The molecule has 106 valence electrons. The van der Waals surface area contributed by atoms with Crippen molar-refractivity contribution in [2.75, 3.05) is 0 Å². The highest BCUT2D eigenvalue weighted by molar-refractivity contribution is 5.96. The summed E-state index contributed by atoms with van der Waals surface area (Å²) in [6, 6.07) is 0. The summed E-state index contributed by atoms with van der Waals surface area (Å²) in [5.41, 5.74) is 3.61. The van der Waals surface area contributed by atoms with E-state index in [1.165, 1.54) is 37.7 Å². The van der Waals surface area contributed by atoms with Crippen LogP contribution in [0, 0.1) is 22.7 Å². The average molecular weight is 260 g/mol. The molecule has 0 aliphatic heterocycles. The zero-order valence-corrected chi connectivity index (χ0v) is 13.0. The minimum Gasteiger partial charge on any atom is -0.295 e. The lowest BCUT2D eigenvalue weighted by molar-refractivity contribution is -0.118. The number of fused-ring (bicyclic) bond motifs is 3. The minimum absolute atomic E-state index is 0.420. The minimum atomic E-state index is 0.420. The predicted molar refractivity (Wildman–Crippen MR) is 78.9 cm³/mol. The highest BCUT2D eigenvalue weighted by Crippen LogP contribution is 2.63. The van der Waals surface area contributed by atoms with Gasteiger partial charge in [0.1, 0.15) is 0 Å². The van der Waals surface area contributed by atoms with Crippen molar-refractivity contribution in [3.63, 3.8) is 0 Å². The molecule has 0 amide bonds. The Morgan fingerprint density at radius 1 is 1.05 bits per heavy atom. The number of carbonyl (C=O) groups is 1. The van der Waals surface area contributed by atoms with E-state index in [-0.39, 0.29) is 0 Å². The van der Waals surface area contributed by atoms with Gasteiger partial charge in [-0.15, -0.1) is 0 Å². The largest absolute Gasteiger partial charge is 0.295 e. The van der Waals surface area contributed by atoms with Gasteiger partial charge in [0.05, 0.1) is 0 Å². The lowest BCUT2D eigenvalue weighted by atomic mass is 9.46. The van der Waals surface area contributed by atoms with Gasteiger partial charge in [0, 0.05) is 6.42 Å². The van der Waals surface area contributed by atoms with Crippen LogP contribution in [0.2, 0.25) is 0 Å². The van der Waals surface area contributed by atoms with E-state index in [0.29, 0.717) is 22.5 Å². The Balaban J connectivity index is 2.03. The average Bonchev–Trinajstić information content (AvgIpc) is 2.33. The fourth-order valence-corrected chi connectivity index (χ4v) is 5.77. The molecular weight excluding hydrogens is 232 g/mol. The van der Waals surface area contributed by atoms with Crippen molar-refractivity contribution in [2.24, 2.45) is 22.7 Å². The van der Waals surface area contributed by atoms with Gasteiger partial charge in [-0.05, 0) is 67.3 Å². The molecule has 2 fully saturated rings. The molecule has 2 saturated carbocycles. The third-order valence-electron chi connectivity index (χ3n) is 6.75. The van der Waals surface area contributed by atoms with Crippen LogP contribution in [0.3, 0.4) is 0 Å². The number of rotatable bonds is 0. The molecule has 0 heterocycles. The topological polar surface area (TPSA) is 17.1 Å². The van der Waals surface area contributed by atoms with Crippen molar-refractivity contribution >= 4 is 5.78 Å². The maximum atomic E-state index is 12.0. The van der Waals surface area contributed by atoms with Gasteiger partial charge < -0.3 is 0 Å². The monoisotopic (exact) mass is 260 g/mol. The molecule has 0 aromatic carbocycles. The number of hydrogen-bond acceptors (Lipinski definition) is 1. The first kappa shape index (κ1) is 13.4. The molecule has 0 spiro atoms. The van der Waals surface area contributed by atoms with Crippen LogP contribution in [0.1, 0.15) is 72.6 Å². The summed E-state index contributed by atoms with van der Waals surface area (Å²) in [5, 5.41) is 0. The number of allylic oxidation sites excluding steroid dienone is 2. The van der Waals surface area contributed by atoms with Crippen LogP contribution in [0.5, 0.6) is 0 Å². The van der Waals surface area contributed by atoms with E-state index >= 15 is 0 Å². The SMILES string of the molecule is CC1=C2CC[C@H]3C(C)(C)CCC[C@]3(C)[C@H]2CCC1=O. The number of ketones is 1. The van der Waals surface area contributed by atoms with Gasteiger partial charge in [-0.2, -0.15) is 0 Å². The Kier molecular flexibility index (Phi) is 2.96. The Labute approximate surface area is 117 Å². The first-order chi connectivity index (χ1) is 8.86. The molecule has 0 bridgehead atoms. The molecule has 0 radical (unpaired) electrons. The van der Waals surface area contributed by atoms with Gasteiger partial charge in [-0.1, -0.05) is 32.8 Å². The molecule has 1 heteroatoms. The summed E-state index contributed by atoms with van der Waals surface area (Å²) in [4.78, 5) is 12.0. The predicted octanol–water partition coefficient (Wildman–Crippen LogP) is 4.91. The van der Waals surface area contributed by atoms with E-state index in [4.69, 9.17) is 0 Å². The second kappa shape index (κ2) is 4.20. The molecule has 0 unspecified atom stereocenters. The highest BCUT2D eigenvalue weighted by atomic mass is 16.1. The second-order valence-corrected chi connectivity index (χ2v) is 8.10. The van der Waals surface area contributed by atoms with E-state index < -0.39 is 0 Å². The molecule has 0 saturated heterocycles. The van der Waals surface area contributed by atoms with Gasteiger partial charge in [0.25, 0.3) is 0 Å². The summed E-state index contributed by atoms with van der Waals surface area (Å²) < 4.78 is 0. The third kappa shape index (κ3) is 1.84. The van der Waals surface area contributed by atoms with Gasteiger partial charge in [-0.25, -0.2) is 0 Å². The molecule has 3 aliphatic rings. The molecule has 19 heavy (non-hydrogen) atoms. The Morgan fingerprint density at radius 3 is 2.53 bits per heavy atom. The van der Waals surface area contributed by atoms with Crippen LogP contribution in [-0.2, 0) is 4.79 Å². The van der Waals surface area contributed by atoms with Crippen molar-refractivity contribution in [3.05, 3.63) is 11.1 Å². The van der Waals surface area contributed by atoms with Crippen molar-refractivity contribution in [3.8, 4) is 0 Å². The fraction of sp³-hybridized carbons (Fsp3) is 0.833. The van der Waals surface area contributed by atoms with Gasteiger partial charge in [0.15, 0.2) is 5.78 Å². The standard InChI is InChI=1S/C18H28O/c1-12-13-6-9-16-17(2,3)10-5-11-18(16,4)14(13)7-8-15(12)19/h14,16H,5-11H2,1-4H3/t14-,16-,18+/m0/s1. The zero-order chi connectivity index (χ0) is 13.8. The third-order valence-corrected chi connectivity index (χ3v) is 6.75. The lowest BCUT2D eigenvalue weighted by Crippen LogP contribution is -2.50. The molecule has 3 atom stereocenters. The van der Waals surface area contributed by atoms with E-state index in [0.717, 1.165) is 24.3 Å². The van der Waals surface area contributed by atoms with Crippen LogP contribution in [0.4, 0.5) is 0 Å². The van der Waals surface area contributed by atoms with Crippen LogP contribution < -0.4 is 0 Å². The highest BCUT2D eigenvalue weighted by Gasteiger charge is 2.54. The summed E-state index contributed by atoms with van der Waals surface area (Å²) in [5.74, 6) is 1.97. The van der Waals surface area contributed by atoms with Gasteiger partial charge >= 0.3 is 0 Å². The second-order valence-electron chi connectivity index (χ2n) is 8.10. The summed E-state index contributed by atoms with van der Waals surface area (Å²) in [7, 11) is 0.